The number of carbonyl (C=O) groups is 1. The Balaban J connectivity index is 2.02. The van der Waals surface area contributed by atoms with Gasteiger partial charge in [-0.05, 0) is 31.0 Å². The van der Waals surface area contributed by atoms with Crippen molar-refractivity contribution in [1.82, 2.24) is 10.4 Å². The van der Waals surface area contributed by atoms with Gasteiger partial charge in [0.05, 0.1) is 18.8 Å². The van der Waals surface area contributed by atoms with Crippen LogP contribution in [0.5, 0.6) is 5.75 Å². The molecule has 1 saturated heterocycles. The van der Waals surface area contributed by atoms with Gasteiger partial charge in [0.25, 0.3) is 0 Å². The van der Waals surface area contributed by atoms with E-state index in [9.17, 15) is 4.79 Å². The van der Waals surface area contributed by atoms with Crippen LogP contribution in [0.4, 0.5) is 4.79 Å². The third-order valence-corrected chi connectivity index (χ3v) is 5.55. The fraction of sp³-hybridized carbons (Fsp3) is 0.526. The van der Waals surface area contributed by atoms with E-state index in [0.717, 1.165) is 40.3 Å². The van der Waals surface area contributed by atoms with Gasteiger partial charge in [0.15, 0.2) is 0 Å². The van der Waals surface area contributed by atoms with Crippen molar-refractivity contribution in [1.29, 1.82) is 0 Å². The Hall–Kier alpha value is -1.61. The zero-order valence-electron chi connectivity index (χ0n) is 15.4. The lowest BCUT2D eigenvalue weighted by atomic mass is 9.74. The van der Waals surface area contributed by atoms with Crippen LogP contribution in [0.2, 0.25) is 0 Å². The molecular formula is C19H25BrN2O5. The molecule has 1 aromatic carbocycles. The highest BCUT2D eigenvalue weighted by atomic mass is 79.9. The van der Waals surface area contributed by atoms with E-state index in [-0.39, 0.29) is 6.61 Å². The molecule has 0 saturated carbocycles. The van der Waals surface area contributed by atoms with E-state index in [1.165, 1.54) is 7.05 Å². The second kappa shape index (κ2) is 8.18. The van der Waals surface area contributed by atoms with Gasteiger partial charge in [-0.1, -0.05) is 22.0 Å². The molecule has 1 fully saturated rings. The maximum absolute atomic E-state index is 11.2. The maximum Gasteiger partial charge on any atom is 0.431 e. The second-order valence-electron chi connectivity index (χ2n) is 7.06. The number of hydroxylamine groups is 2. The molecule has 0 aromatic heterocycles. The van der Waals surface area contributed by atoms with E-state index in [2.05, 4.69) is 27.8 Å². The number of carboxylic acid groups (broad SMARTS) is 1. The second-order valence-corrected chi connectivity index (χ2v) is 7.98. The van der Waals surface area contributed by atoms with Crippen LogP contribution in [0.25, 0.3) is 0 Å². The fourth-order valence-electron chi connectivity index (χ4n) is 3.79. The Labute approximate surface area is 167 Å². The quantitative estimate of drug-likeness (QED) is 0.521. The Morgan fingerprint density at radius 3 is 3.04 bits per heavy atom. The monoisotopic (exact) mass is 440 g/mol. The first-order chi connectivity index (χ1) is 12.9. The molecule has 2 N–H and O–H groups in total. The van der Waals surface area contributed by atoms with Crippen molar-refractivity contribution in [3.63, 3.8) is 0 Å². The van der Waals surface area contributed by atoms with Crippen molar-refractivity contribution in [2.45, 2.75) is 30.4 Å². The van der Waals surface area contributed by atoms with Gasteiger partial charge < -0.3 is 19.9 Å². The summed E-state index contributed by atoms with van der Waals surface area (Å²) in [4.78, 5) is 16.8. The number of rotatable bonds is 6. The minimum absolute atomic E-state index is 0.137. The zero-order valence-corrected chi connectivity index (χ0v) is 17.0. The fourth-order valence-corrected chi connectivity index (χ4v) is 4.15. The van der Waals surface area contributed by atoms with E-state index in [0.29, 0.717) is 19.6 Å². The van der Waals surface area contributed by atoms with Crippen LogP contribution in [0, 0.1) is 0 Å². The summed E-state index contributed by atoms with van der Waals surface area (Å²) in [7, 11) is 1.38. The molecule has 1 aromatic rings. The highest BCUT2D eigenvalue weighted by Gasteiger charge is 2.51. The van der Waals surface area contributed by atoms with Crippen LogP contribution in [-0.2, 0) is 15.1 Å². The van der Waals surface area contributed by atoms with Crippen LogP contribution in [0.3, 0.4) is 0 Å². The molecule has 2 atom stereocenters. The number of fused-ring (bicyclic) bond motifs is 1. The van der Waals surface area contributed by atoms with Gasteiger partial charge in [-0.25, -0.2) is 4.79 Å². The predicted octanol–water partition coefficient (Wildman–Crippen LogP) is 3.29. The summed E-state index contributed by atoms with van der Waals surface area (Å²) < 4.78 is 13.1. The number of hydrogen-bond donors (Lipinski definition) is 2. The molecule has 2 unspecified atom stereocenters. The van der Waals surface area contributed by atoms with Crippen molar-refractivity contribution in [3.05, 3.63) is 40.9 Å². The molecule has 0 bridgehead atoms. The molecule has 27 heavy (non-hydrogen) atoms. The summed E-state index contributed by atoms with van der Waals surface area (Å²) in [6.07, 6.45) is 3.02. The summed E-state index contributed by atoms with van der Waals surface area (Å²) in [5.41, 5.74) is -0.192. The lowest BCUT2D eigenvalue weighted by molar-refractivity contribution is -0.157. The van der Waals surface area contributed by atoms with Crippen LogP contribution < -0.4 is 10.1 Å². The summed E-state index contributed by atoms with van der Waals surface area (Å²) in [6, 6.07) is 5.86. The first-order valence-electron chi connectivity index (χ1n) is 8.92. The topological polar surface area (TPSA) is 80.3 Å². The molecule has 3 rings (SSSR count). The maximum atomic E-state index is 11.2. The minimum Gasteiger partial charge on any atom is -0.484 e. The number of amides is 1. The molecule has 8 heteroatoms. The van der Waals surface area contributed by atoms with E-state index in [1.807, 2.05) is 18.2 Å². The first kappa shape index (κ1) is 20.1. The van der Waals surface area contributed by atoms with Gasteiger partial charge in [-0.3, -0.25) is 4.84 Å². The van der Waals surface area contributed by atoms with Crippen LogP contribution in [0.15, 0.2) is 35.3 Å². The standard InChI is InChI=1S/C19H25BrN2O5/c1-3-8-21-19(13-26-22(2)17(23)24)11-18(7-4-9-25-12-18)27-16-6-5-14(20)10-15(16)19/h3,5-6,10,21H,1,4,7-9,11-13H2,2H3,(H,23,24). The molecule has 0 radical (unpaired) electrons. The molecule has 2 aliphatic heterocycles. The Bertz CT molecular complexity index is 707. The minimum atomic E-state index is -1.15. The summed E-state index contributed by atoms with van der Waals surface area (Å²) in [6.45, 7) is 5.71. The molecule has 7 nitrogen and oxygen atoms in total. The largest absolute Gasteiger partial charge is 0.484 e. The molecule has 2 heterocycles. The molecule has 2 aliphatic rings. The zero-order chi connectivity index (χ0) is 19.5. The molecule has 1 spiro atoms. The number of hydrogen-bond acceptors (Lipinski definition) is 5. The highest BCUT2D eigenvalue weighted by Crippen LogP contribution is 2.47. The van der Waals surface area contributed by atoms with Crippen molar-refractivity contribution < 1.29 is 24.2 Å². The van der Waals surface area contributed by atoms with Crippen LogP contribution >= 0.6 is 15.9 Å². The number of ether oxygens (including phenoxy) is 2. The van der Waals surface area contributed by atoms with Gasteiger partial charge in [0.2, 0.25) is 0 Å². The number of benzene rings is 1. The average Bonchev–Trinajstić information content (AvgIpc) is 2.65. The van der Waals surface area contributed by atoms with Crippen molar-refractivity contribution >= 4 is 22.0 Å². The van der Waals surface area contributed by atoms with E-state index in [4.69, 9.17) is 19.4 Å². The Morgan fingerprint density at radius 1 is 1.56 bits per heavy atom. The van der Waals surface area contributed by atoms with Crippen molar-refractivity contribution in [2.75, 3.05) is 33.4 Å². The average molecular weight is 441 g/mol. The predicted molar refractivity (Wildman–Crippen MR) is 104 cm³/mol. The molecule has 0 aliphatic carbocycles. The number of nitrogens with one attached hydrogen (secondary N) is 1. The van der Waals surface area contributed by atoms with E-state index in [1.54, 1.807) is 6.08 Å². The van der Waals surface area contributed by atoms with Crippen molar-refractivity contribution in [3.8, 4) is 5.75 Å². The lowest BCUT2D eigenvalue weighted by Crippen LogP contribution is -2.60. The number of halogens is 1. The molecule has 148 valence electrons. The van der Waals surface area contributed by atoms with E-state index < -0.39 is 17.2 Å². The molecular weight excluding hydrogens is 416 g/mol. The van der Waals surface area contributed by atoms with Gasteiger partial charge in [-0.15, -0.1) is 6.58 Å². The Morgan fingerprint density at radius 2 is 2.37 bits per heavy atom. The summed E-state index contributed by atoms with van der Waals surface area (Å²) in [5.74, 6) is 0.757. The third-order valence-electron chi connectivity index (χ3n) is 5.05. The van der Waals surface area contributed by atoms with Gasteiger partial charge >= 0.3 is 6.09 Å². The van der Waals surface area contributed by atoms with Crippen LogP contribution in [-0.4, -0.2) is 55.3 Å². The third kappa shape index (κ3) is 4.29. The van der Waals surface area contributed by atoms with Crippen molar-refractivity contribution in [2.24, 2.45) is 0 Å². The van der Waals surface area contributed by atoms with Gasteiger partial charge in [-0.2, -0.15) is 5.06 Å². The number of nitrogens with zero attached hydrogens (tertiary/aromatic N) is 1. The first-order valence-corrected chi connectivity index (χ1v) is 9.71. The normalized spacial score (nSPS) is 26.9. The Kier molecular flexibility index (Phi) is 6.10. The summed E-state index contributed by atoms with van der Waals surface area (Å²) >= 11 is 3.53. The van der Waals surface area contributed by atoms with Gasteiger partial charge in [0, 0.05) is 36.7 Å². The molecule has 1 amide bonds. The van der Waals surface area contributed by atoms with Gasteiger partial charge in [0.1, 0.15) is 11.4 Å². The summed E-state index contributed by atoms with van der Waals surface area (Å²) in [5, 5.41) is 13.5. The van der Waals surface area contributed by atoms with E-state index >= 15 is 0 Å². The lowest BCUT2D eigenvalue weighted by Gasteiger charge is -2.50. The SMILES string of the molecule is C=CCNC1(CON(C)C(=O)O)CC2(CCCOC2)Oc2ccc(Br)cc21. The smallest absolute Gasteiger partial charge is 0.431 e. The highest BCUT2D eigenvalue weighted by molar-refractivity contribution is 9.10. The van der Waals surface area contributed by atoms with Crippen LogP contribution in [0.1, 0.15) is 24.8 Å².